The number of benzene rings is 2. The van der Waals surface area contributed by atoms with Crippen molar-refractivity contribution < 1.29 is 23.9 Å². The van der Waals surface area contributed by atoms with Crippen LogP contribution in [0.4, 0.5) is 11.4 Å². The molecule has 1 heterocycles. The summed E-state index contributed by atoms with van der Waals surface area (Å²) in [6.07, 6.45) is 0.740. The number of hydrogen-bond acceptors (Lipinski definition) is 9. The first-order valence-electron chi connectivity index (χ1n) is 12.0. The van der Waals surface area contributed by atoms with E-state index in [1.54, 1.807) is 30.0 Å². The summed E-state index contributed by atoms with van der Waals surface area (Å²) in [6.45, 7) is 5.78. The number of non-ortho nitro benzene ring substituents is 1. The normalized spacial score (nSPS) is 18.6. The van der Waals surface area contributed by atoms with Crippen molar-refractivity contribution in [3.63, 3.8) is 0 Å². The number of nitro benzene ring substituents is 1. The van der Waals surface area contributed by atoms with E-state index < -0.39 is 16.3 Å². The maximum atomic E-state index is 13.8. The molecule has 38 heavy (non-hydrogen) atoms. The molecular weight excluding hydrogens is 488 g/mol. The minimum Gasteiger partial charge on any atom is -0.493 e. The highest BCUT2D eigenvalue weighted by Gasteiger charge is 2.45. The predicted octanol–water partition coefficient (Wildman–Crippen LogP) is 4.87. The fourth-order valence-corrected chi connectivity index (χ4v) is 5.34. The Morgan fingerprint density at radius 2 is 1.74 bits per heavy atom. The van der Waals surface area contributed by atoms with Crippen LogP contribution >= 0.6 is 0 Å². The van der Waals surface area contributed by atoms with Crippen molar-refractivity contribution in [3.8, 4) is 23.3 Å². The van der Waals surface area contributed by atoms with E-state index in [0.29, 0.717) is 51.8 Å². The van der Waals surface area contributed by atoms with E-state index in [1.165, 1.54) is 33.5 Å². The molecule has 2 aliphatic rings. The number of carbonyl (C=O) groups is 1. The zero-order valence-corrected chi connectivity index (χ0v) is 22.2. The molecule has 2 N–H and O–H groups in total. The number of nitrogens with two attached hydrogens (primary N) is 1. The van der Waals surface area contributed by atoms with Gasteiger partial charge in [-0.3, -0.25) is 19.8 Å². The number of allylic oxidation sites excluding steroid dienone is 3. The van der Waals surface area contributed by atoms with Crippen LogP contribution in [0.1, 0.15) is 43.7 Å². The molecule has 2 aromatic carbocycles. The second kappa shape index (κ2) is 9.74. The largest absolute Gasteiger partial charge is 0.493 e. The molecule has 0 spiro atoms. The molecule has 0 fully saturated rings. The average molecular weight is 519 g/mol. The number of ketones is 1. The van der Waals surface area contributed by atoms with Gasteiger partial charge < -0.3 is 19.9 Å². The van der Waals surface area contributed by atoms with E-state index in [2.05, 4.69) is 6.07 Å². The summed E-state index contributed by atoms with van der Waals surface area (Å²) < 4.78 is 16.5. The number of methoxy groups -OCH3 is 3. The maximum Gasteiger partial charge on any atom is 0.271 e. The minimum absolute atomic E-state index is 0.110. The highest BCUT2D eigenvalue weighted by atomic mass is 16.6. The van der Waals surface area contributed by atoms with Gasteiger partial charge in [0.2, 0.25) is 5.75 Å². The van der Waals surface area contributed by atoms with Crippen molar-refractivity contribution in [1.82, 2.24) is 0 Å². The number of nitrogens with zero attached hydrogens (tertiary/aromatic N) is 3. The topological polar surface area (TPSA) is 141 Å². The molecule has 1 aliphatic heterocycles. The van der Waals surface area contributed by atoms with Crippen molar-refractivity contribution in [2.24, 2.45) is 11.1 Å². The zero-order chi connectivity index (χ0) is 27.9. The quantitative estimate of drug-likeness (QED) is 0.419. The van der Waals surface area contributed by atoms with Crippen LogP contribution in [0, 0.1) is 33.8 Å². The van der Waals surface area contributed by atoms with Crippen molar-refractivity contribution in [3.05, 3.63) is 74.2 Å². The maximum absolute atomic E-state index is 13.8. The van der Waals surface area contributed by atoms with E-state index in [9.17, 15) is 20.2 Å². The number of hydrogen-bond donors (Lipinski definition) is 1. The van der Waals surface area contributed by atoms with E-state index >= 15 is 0 Å². The molecule has 0 unspecified atom stereocenters. The Labute approximate surface area is 221 Å². The Bertz CT molecular complexity index is 1420. The number of rotatable bonds is 6. The van der Waals surface area contributed by atoms with Crippen LogP contribution in [0.25, 0.3) is 0 Å². The zero-order valence-electron chi connectivity index (χ0n) is 22.2. The molecule has 10 nitrogen and oxygen atoms in total. The summed E-state index contributed by atoms with van der Waals surface area (Å²) in [5, 5.41) is 21.9. The number of ether oxygens (including phenoxy) is 3. The van der Waals surface area contributed by atoms with Crippen LogP contribution in [0.3, 0.4) is 0 Å². The first kappa shape index (κ1) is 26.5. The summed E-state index contributed by atoms with van der Waals surface area (Å²) in [5.41, 5.74) is 9.13. The lowest BCUT2D eigenvalue weighted by Crippen LogP contribution is -2.42. The van der Waals surface area contributed by atoms with Gasteiger partial charge in [-0.05, 0) is 42.0 Å². The van der Waals surface area contributed by atoms with E-state index in [0.717, 1.165) is 0 Å². The van der Waals surface area contributed by atoms with Crippen LogP contribution in [0.5, 0.6) is 17.2 Å². The Morgan fingerprint density at radius 1 is 1.11 bits per heavy atom. The van der Waals surface area contributed by atoms with Crippen LogP contribution in [0.2, 0.25) is 0 Å². The molecule has 0 bridgehead atoms. The third-order valence-corrected chi connectivity index (χ3v) is 7.05. The van der Waals surface area contributed by atoms with Gasteiger partial charge in [-0.1, -0.05) is 19.9 Å². The lowest BCUT2D eigenvalue weighted by molar-refractivity contribution is -0.384. The molecule has 1 aliphatic carbocycles. The van der Waals surface area contributed by atoms with Crippen LogP contribution in [-0.4, -0.2) is 32.0 Å². The molecule has 4 rings (SSSR count). The summed E-state index contributed by atoms with van der Waals surface area (Å²) in [5.74, 6) is 0.329. The third-order valence-electron chi connectivity index (χ3n) is 7.05. The van der Waals surface area contributed by atoms with Gasteiger partial charge in [0.25, 0.3) is 5.69 Å². The first-order valence-corrected chi connectivity index (χ1v) is 12.0. The molecule has 0 saturated heterocycles. The van der Waals surface area contributed by atoms with Crippen LogP contribution in [-0.2, 0) is 4.79 Å². The van der Waals surface area contributed by atoms with Crippen LogP contribution in [0.15, 0.2) is 53.0 Å². The fraction of sp³-hybridized carbons (Fsp3) is 0.357. The lowest BCUT2D eigenvalue weighted by Gasteiger charge is -2.44. The lowest BCUT2D eigenvalue weighted by atomic mass is 9.68. The van der Waals surface area contributed by atoms with Gasteiger partial charge in [0.15, 0.2) is 17.3 Å². The SMILES string of the molecule is COc1cc([C@H]2C(C#N)=C(N)N(c3cc([N+](=O)[O-])ccc3C)C3=C2C(=O)CC(C)(C)C3)cc(OC)c1OC. The Hall–Kier alpha value is -4.52. The molecule has 2 aromatic rings. The van der Waals surface area contributed by atoms with E-state index in [1.807, 2.05) is 13.8 Å². The highest BCUT2D eigenvalue weighted by Crippen LogP contribution is 2.52. The van der Waals surface area contributed by atoms with Gasteiger partial charge >= 0.3 is 0 Å². The van der Waals surface area contributed by atoms with E-state index in [-0.39, 0.29) is 29.3 Å². The van der Waals surface area contributed by atoms with Gasteiger partial charge in [0, 0.05) is 29.8 Å². The van der Waals surface area contributed by atoms with E-state index in [4.69, 9.17) is 19.9 Å². The van der Waals surface area contributed by atoms with Crippen molar-refractivity contribution in [1.29, 1.82) is 5.26 Å². The molecule has 0 aromatic heterocycles. The van der Waals surface area contributed by atoms with Gasteiger partial charge in [0.1, 0.15) is 5.82 Å². The van der Waals surface area contributed by atoms with Crippen molar-refractivity contribution in [2.45, 2.75) is 39.5 Å². The smallest absolute Gasteiger partial charge is 0.271 e. The van der Waals surface area contributed by atoms with Gasteiger partial charge in [-0.2, -0.15) is 5.26 Å². The fourth-order valence-electron chi connectivity index (χ4n) is 5.34. The van der Waals surface area contributed by atoms with Crippen molar-refractivity contribution >= 4 is 17.2 Å². The number of carbonyl (C=O) groups excluding carboxylic acids is 1. The summed E-state index contributed by atoms with van der Waals surface area (Å²) in [4.78, 5) is 26.6. The Morgan fingerprint density at radius 3 is 2.26 bits per heavy atom. The number of anilines is 1. The number of Topliss-reactive ketones (excluding diaryl/α,β-unsaturated/α-hetero) is 1. The van der Waals surface area contributed by atoms with Crippen molar-refractivity contribution in [2.75, 3.05) is 26.2 Å². The molecule has 0 saturated carbocycles. The number of aryl methyl sites for hydroxylation is 1. The number of nitro groups is 1. The second-order valence-electron chi connectivity index (χ2n) is 10.2. The predicted molar refractivity (Wildman–Crippen MR) is 141 cm³/mol. The Balaban J connectivity index is 2.06. The monoisotopic (exact) mass is 518 g/mol. The third kappa shape index (κ3) is 4.30. The summed E-state index contributed by atoms with van der Waals surface area (Å²) >= 11 is 0. The summed E-state index contributed by atoms with van der Waals surface area (Å²) in [7, 11) is 4.47. The van der Waals surface area contributed by atoms with Gasteiger partial charge in [0.05, 0.1) is 49.5 Å². The molecule has 1 atom stereocenters. The average Bonchev–Trinajstić information content (AvgIpc) is 2.87. The standard InChI is InChI=1S/C28H30N4O6/c1-15-7-8-17(32(34)35)11-19(15)31-20-12-28(2,3)13-21(33)25(20)24(18(14-29)27(31)30)16-9-22(36-4)26(38-6)23(10-16)37-5/h7-11,24H,12-13,30H2,1-6H3/t24-/m0/s1. The molecule has 198 valence electrons. The minimum atomic E-state index is -0.789. The first-order chi connectivity index (χ1) is 18.0. The number of nitriles is 1. The van der Waals surface area contributed by atoms with Crippen LogP contribution < -0.4 is 24.8 Å². The molecular formula is C28H30N4O6. The molecule has 10 heteroatoms. The Kier molecular flexibility index (Phi) is 6.80. The summed E-state index contributed by atoms with van der Waals surface area (Å²) in [6, 6.07) is 10.1. The molecule has 0 amide bonds. The van der Waals surface area contributed by atoms with Gasteiger partial charge in [-0.25, -0.2) is 0 Å². The second-order valence-corrected chi connectivity index (χ2v) is 10.2. The molecule has 0 radical (unpaired) electrons. The van der Waals surface area contributed by atoms with Gasteiger partial charge in [-0.15, -0.1) is 0 Å². The highest BCUT2D eigenvalue weighted by molar-refractivity contribution is 6.02.